The second-order valence-electron chi connectivity index (χ2n) is 4.26. The molecule has 0 aliphatic heterocycles. The summed E-state index contributed by atoms with van der Waals surface area (Å²) in [6, 6.07) is 15.6. The van der Waals surface area contributed by atoms with Gasteiger partial charge in [-0.2, -0.15) is 0 Å². The molecule has 3 nitrogen and oxygen atoms in total. The highest BCUT2D eigenvalue weighted by atomic mass is 79.9. The summed E-state index contributed by atoms with van der Waals surface area (Å²) in [6.45, 7) is 1.69. The highest BCUT2D eigenvalue weighted by molar-refractivity contribution is 9.10. The molecule has 0 spiro atoms. The van der Waals surface area contributed by atoms with Gasteiger partial charge in [-0.05, 0) is 31.2 Å². The lowest BCUT2D eigenvalue weighted by Gasteiger charge is -2.06. The molecule has 2 aromatic carbocycles. The summed E-state index contributed by atoms with van der Waals surface area (Å²) in [5.74, 6) is -0.00427. The number of esters is 1. The van der Waals surface area contributed by atoms with Crippen molar-refractivity contribution in [2.24, 2.45) is 0 Å². The van der Waals surface area contributed by atoms with Crippen LogP contribution >= 0.6 is 15.9 Å². The van der Waals surface area contributed by atoms with Crippen LogP contribution in [0.4, 0.5) is 0 Å². The van der Waals surface area contributed by atoms with E-state index in [1.54, 1.807) is 43.3 Å². The molecule has 0 amide bonds. The van der Waals surface area contributed by atoms with Crippen LogP contribution < -0.4 is 4.74 Å². The van der Waals surface area contributed by atoms with E-state index in [0.717, 1.165) is 0 Å². The number of benzene rings is 2. The number of carbonyl (C=O) groups excluding carboxylic acids is 2. The molecule has 0 N–H and O–H groups in total. The van der Waals surface area contributed by atoms with E-state index in [1.807, 2.05) is 18.2 Å². The lowest BCUT2D eigenvalue weighted by atomic mass is 10.0. The fraction of sp³-hybridized carbons (Fsp3) is 0.125. The number of carbonyl (C=O) groups is 2. The monoisotopic (exact) mass is 332 g/mol. The van der Waals surface area contributed by atoms with Crippen LogP contribution in [-0.2, 0) is 4.79 Å². The zero-order valence-corrected chi connectivity index (χ0v) is 12.5. The minimum atomic E-state index is -0.368. The summed E-state index contributed by atoms with van der Waals surface area (Å²) in [6.07, 6.45) is 0. The van der Waals surface area contributed by atoms with Gasteiger partial charge in [0.2, 0.25) is 0 Å². The molecule has 0 heterocycles. The van der Waals surface area contributed by atoms with Gasteiger partial charge in [-0.1, -0.05) is 46.3 Å². The summed E-state index contributed by atoms with van der Waals surface area (Å²) < 4.78 is 5.12. The van der Waals surface area contributed by atoms with E-state index in [2.05, 4.69) is 15.9 Å². The van der Waals surface area contributed by atoms with Gasteiger partial charge in [0.05, 0.1) is 0 Å². The Bertz CT molecular complexity index is 603. The van der Waals surface area contributed by atoms with Crippen molar-refractivity contribution in [3.8, 4) is 5.75 Å². The van der Waals surface area contributed by atoms with Crippen molar-refractivity contribution in [2.75, 3.05) is 0 Å². The van der Waals surface area contributed by atoms with Gasteiger partial charge in [0.15, 0.2) is 5.78 Å². The predicted molar refractivity (Wildman–Crippen MR) is 80.3 cm³/mol. The molecule has 0 fully saturated rings. The van der Waals surface area contributed by atoms with Gasteiger partial charge >= 0.3 is 5.97 Å². The molecule has 0 bridgehead atoms. The Hall–Kier alpha value is -1.94. The van der Waals surface area contributed by atoms with Crippen LogP contribution in [0.15, 0.2) is 54.6 Å². The van der Waals surface area contributed by atoms with Crippen molar-refractivity contribution in [1.82, 2.24) is 0 Å². The summed E-state index contributed by atoms with van der Waals surface area (Å²) in [4.78, 5) is 23.2. The highest BCUT2D eigenvalue weighted by Gasteiger charge is 2.12. The average molecular weight is 333 g/mol. The molecule has 1 atom stereocenters. The van der Waals surface area contributed by atoms with Gasteiger partial charge in [-0.3, -0.25) is 9.59 Å². The Labute approximate surface area is 125 Å². The molecular weight excluding hydrogens is 320 g/mol. The summed E-state index contributed by atoms with van der Waals surface area (Å²) in [5.41, 5.74) is 1.19. The van der Waals surface area contributed by atoms with Crippen LogP contribution in [0, 0.1) is 0 Å². The standard InChI is InChI=1S/C16H13BrO3/c1-11(17)16(19)20-14-9-7-13(8-10-14)15(18)12-5-3-2-4-6-12/h2-11H,1H3. The lowest BCUT2D eigenvalue weighted by molar-refractivity contribution is -0.133. The molecule has 2 aromatic rings. The number of alkyl halides is 1. The Morgan fingerprint density at radius 3 is 2.05 bits per heavy atom. The number of hydrogen-bond acceptors (Lipinski definition) is 3. The molecule has 0 aliphatic carbocycles. The quantitative estimate of drug-likeness (QED) is 0.372. The first-order valence-corrected chi connectivity index (χ1v) is 7.05. The van der Waals surface area contributed by atoms with E-state index < -0.39 is 0 Å². The molecule has 0 aliphatic rings. The molecule has 0 saturated heterocycles. The molecule has 4 heteroatoms. The summed E-state index contributed by atoms with van der Waals surface area (Å²) in [5, 5.41) is 0. The van der Waals surface area contributed by atoms with Crippen molar-refractivity contribution in [1.29, 1.82) is 0 Å². The van der Waals surface area contributed by atoms with Crippen molar-refractivity contribution >= 4 is 27.7 Å². The fourth-order valence-corrected chi connectivity index (χ4v) is 1.72. The average Bonchev–Trinajstić information content (AvgIpc) is 2.48. The Morgan fingerprint density at radius 2 is 1.50 bits per heavy atom. The van der Waals surface area contributed by atoms with Crippen molar-refractivity contribution < 1.29 is 14.3 Å². The molecule has 2 rings (SSSR count). The second kappa shape index (κ2) is 6.48. The summed E-state index contributed by atoms with van der Waals surface area (Å²) >= 11 is 3.14. The van der Waals surface area contributed by atoms with Crippen LogP contribution in [0.3, 0.4) is 0 Å². The third-order valence-electron chi connectivity index (χ3n) is 2.70. The van der Waals surface area contributed by atoms with E-state index >= 15 is 0 Å². The predicted octanol–water partition coefficient (Wildman–Crippen LogP) is 3.61. The zero-order chi connectivity index (χ0) is 14.5. The second-order valence-corrected chi connectivity index (χ2v) is 5.63. The minimum absolute atomic E-state index is 0.0580. The molecule has 102 valence electrons. The molecule has 0 radical (unpaired) electrons. The first kappa shape index (κ1) is 14.5. The third-order valence-corrected chi connectivity index (χ3v) is 3.07. The van der Waals surface area contributed by atoms with E-state index in [0.29, 0.717) is 16.9 Å². The van der Waals surface area contributed by atoms with Crippen LogP contribution in [0.25, 0.3) is 0 Å². The van der Waals surface area contributed by atoms with Gasteiger partial charge in [0.1, 0.15) is 10.6 Å². The maximum Gasteiger partial charge on any atom is 0.324 e. The number of ketones is 1. The van der Waals surface area contributed by atoms with Gasteiger partial charge in [-0.25, -0.2) is 0 Å². The molecule has 20 heavy (non-hydrogen) atoms. The number of ether oxygens (including phenoxy) is 1. The summed E-state index contributed by atoms with van der Waals surface area (Å²) in [7, 11) is 0. The molecule has 1 unspecified atom stereocenters. The maximum absolute atomic E-state index is 12.2. The van der Waals surface area contributed by atoms with E-state index in [9.17, 15) is 9.59 Å². The Balaban J connectivity index is 2.12. The van der Waals surface area contributed by atoms with E-state index in [1.165, 1.54) is 0 Å². The Kier molecular flexibility index (Phi) is 4.69. The topological polar surface area (TPSA) is 43.4 Å². The number of hydrogen-bond donors (Lipinski definition) is 0. The molecule has 0 saturated carbocycles. The Morgan fingerprint density at radius 1 is 0.950 bits per heavy atom. The van der Waals surface area contributed by atoms with E-state index in [4.69, 9.17) is 4.74 Å². The van der Waals surface area contributed by atoms with Gasteiger partial charge in [-0.15, -0.1) is 0 Å². The molecular formula is C16H13BrO3. The number of rotatable bonds is 4. The first-order valence-electron chi connectivity index (χ1n) is 6.13. The van der Waals surface area contributed by atoms with Crippen LogP contribution in [0.5, 0.6) is 5.75 Å². The largest absolute Gasteiger partial charge is 0.426 e. The van der Waals surface area contributed by atoms with Gasteiger partial charge in [0.25, 0.3) is 0 Å². The van der Waals surface area contributed by atoms with Gasteiger partial charge < -0.3 is 4.74 Å². The lowest BCUT2D eigenvalue weighted by Crippen LogP contribution is -2.17. The minimum Gasteiger partial charge on any atom is -0.426 e. The highest BCUT2D eigenvalue weighted by Crippen LogP contribution is 2.16. The third kappa shape index (κ3) is 3.54. The first-order chi connectivity index (χ1) is 9.58. The van der Waals surface area contributed by atoms with Crippen LogP contribution in [-0.4, -0.2) is 16.6 Å². The fourth-order valence-electron chi connectivity index (χ4n) is 1.63. The normalized spacial score (nSPS) is 11.7. The van der Waals surface area contributed by atoms with E-state index in [-0.39, 0.29) is 16.6 Å². The van der Waals surface area contributed by atoms with Gasteiger partial charge in [0, 0.05) is 11.1 Å². The SMILES string of the molecule is CC(Br)C(=O)Oc1ccc(C(=O)c2ccccc2)cc1. The molecule has 0 aromatic heterocycles. The van der Waals surface area contributed by atoms with Crippen molar-refractivity contribution in [2.45, 2.75) is 11.8 Å². The van der Waals surface area contributed by atoms with Crippen molar-refractivity contribution in [3.63, 3.8) is 0 Å². The maximum atomic E-state index is 12.2. The number of halogens is 1. The zero-order valence-electron chi connectivity index (χ0n) is 10.9. The smallest absolute Gasteiger partial charge is 0.324 e. The van der Waals surface area contributed by atoms with Crippen molar-refractivity contribution in [3.05, 3.63) is 65.7 Å². The van der Waals surface area contributed by atoms with Crippen LogP contribution in [0.1, 0.15) is 22.8 Å². The van der Waals surface area contributed by atoms with Crippen LogP contribution in [0.2, 0.25) is 0 Å².